The van der Waals surface area contributed by atoms with Gasteiger partial charge >= 0.3 is 22.5 Å². The third kappa shape index (κ3) is 3.65. The maximum atomic E-state index is 12.5. The van der Waals surface area contributed by atoms with E-state index in [0.717, 1.165) is 0 Å². The number of alkyl halides is 3. The van der Waals surface area contributed by atoms with E-state index in [4.69, 9.17) is 0 Å². The van der Waals surface area contributed by atoms with Crippen molar-refractivity contribution in [2.45, 2.75) is 5.51 Å². The van der Waals surface area contributed by atoms with Crippen LogP contribution in [0, 0.1) is 0 Å². The van der Waals surface area contributed by atoms with Crippen LogP contribution in [-0.2, 0) is 14.2 Å². The fourth-order valence-electron chi connectivity index (χ4n) is 1.74. The summed E-state index contributed by atoms with van der Waals surface area (Å²) in [6.45, 7) is -1.35. The Bertz CT molecular complexity index is 648. The van der Waals surface area contributed by atoms with Crippen molar-refractivity contribution >= 4 is 28.0 Å². The zero-order valence-electron chi connectivity index (χ0n) is 10.6. The van der Waals surface area contributed by atoms with Gasteiger partial charge in [0.05, 0.1) is 0 Å². The lowest BCUT2D eigenvalue weighted by Gasteiger charge is -2.16. The molecule has 0 aliphatic rings. The molecule has 0 bridgehead atoms. The molecule has 0 unspecified atom stereocenters. The molecule has 0 saturated carbocycles. The fraction of sp³-hybridized carbons (Fsp3) is 0.0769. The molecule has 0 saturated heterocycles. The Labute approximate surface area is 120 Å². The van der Waals surface area contributed by atoms with Gasteiger partial charge in [-0.05, 0) is 10.9 Å². The SMILES string of the molecule is O=S(=O)(OB(c1ccccc1)c1ccccc1)C(F)(F)F. The lowest BCUT2D eigenvalue weighted by Crippen LogP contribution is -2.48. The van der Waals surface area contributed by atoms with Crippen LogP contribution in [0.5, 0.6) is 0 Å². The predicted octanol–water partition coefficient (Wildman–Crippen LogP) is 1.66. The van der Waals surface area contributed by atoms with Crippen LogP contribution in [-0.4, -0.2) is 20.8 Å². The highest BCUT2D eigenvalue weighted by Crippen LogP contribution is 2.25. The van der Waals surface area contributed by atoms with Crippen molar-refractivity contribution in [2.24, 2.45) is 0 Å². The Morgan fingerprint density at radius 2 is 1.19 bits per heavy atom. The Kier molecular flexibility index (Phi) is 4.39. The zero-order chi connectivity index (χ0) is 15.5. The number of hydrogen-bond donors (Lipinski definition) is 0. The van der Waals surface area contributed by atoms with Gasteiger partial charge in [0.1, 0.15) is 0 Å². The third-order valence-electron chi connectivity index (χ3n) is 2.71. The standard InChI is InChI=1S/C13H10BF3O3S/c15-13(16,17)21(18,19)20-14(11-7-3-1-4-8-11)12-9-5-2-6-10-12/h1-10H. The van der Waals surface area contributed by atoms with E-state index in [0.29, 0.717) is 10.9 Å². The average Bonchev–Trinajstić information content (AvgIpc) is 2.45. The Morgan fingerprint density at radius 3 is 1.52 bits per heavy atom. The summed E-state index contributed by atoms with van der Waals surface area (Å²) in [6.07, 6.45) is 0. The molecule has 21 heavy (non-hydrogen) atoms. The molecule has 0 heterocycles. The van der Waals surface area contributed by atoms with Crippen LogP contribution >= 0.6 is 0 Å². The van der Waals surface area contributed by atoms with Crippen molar-refractivity contribution in [3.63, 3.8) is 0 Å². The van der Waals surface area contributed by atoms with Gasteiger partial charge < -0.3 is 4.10 Å². The molecule has 0 spiro atoms. The zero-order valence-corrected chi connectivity index (χ0v) is 11.4. The van der Waals surface area contributed by atoms with Crippen LogP contribution in [0.1, 0.15) is 0 Å². The van der Waals surface area contributed by atoms with Gasteiger partial charge in [-0.2, -0.15) is 21.6 Å². The second kappa shape index (κ2) is 5.91. The molecule has 0 aromatic heterocycles. The highest BCUT2D eigenvalue weighted by Gasteiger charge is 2.49. The molecule has 110 valence electrons. The lowest BCUT2D eigenvalue weighted by molar-refractivity contribution is -0.0500. The summed E-state index contributed by atoms with van der Waals surface area (Å²) in [5, 5.41) is 0. The maximum Gasteiger partial charge on any atom is 0.521 e. The number of benzene rings is 2. The second-order valence-corrected chi connectivity index (χ2v) is 5.76. The third-order valence-corrected chi connectivity index (χ3v) is 3.72. The van der Waals surface area contributed by atoms with Gasteiger partial charge in [-0.25, -0.2) is 0 Å². The summed E-state index contributed by atoms with van der Waals surface area (Å²) in [5.41, 5.74) is -4.83. The van der Waals surface area contributed by atoms with Crippen molar-refractivity contribution in [2.75, 3.05) is 0 Å². The summed E-state index contributed by atoms with van der Waals surface area (Å²) in [6, 6.07) is 15.7. The molecular weight excluding hydrogens is 304 g/mol. The summed E-state index contributed by atoms with van der Waals surface area (Å²) in [5.74, 6) is 0. The van der Waals surface area contributed by atoms with E-state index in [9.17, 15) is 21.6 Å². The number of hydrogen-bond acceptors (Lipinski definition) is 3. The Morgan fingerprint density at radius 1 is 0.810 bits per heavy atom. The van der Waals surface area contributed by atoms with Gasteiger partial charge in [0, 0.05) is 0 Å². The molecule has 0 aliphatic heterocycles. The molecule has 3 nitrogen and oxygen atoms in total. The van der Waals surface area contributed by atoms with Crippen molar-refractivity contribution in [1.82, 2.24) is 0 Å². The monoisotopic (exact) mass is 314 g/mol. The highest BCUT2D eigenvalue weighted by molar-refractivity contribution is 7.88. The van der Waals surface area contributed by atoms with E-state index in [-0.39, 0.29) is 0 Å². The largest absolute Gasteiger partial charge is 0.521 e. The van der Waals surface area contributed by atoms with Gasteiger partial charge in [0.25, 0.3) is 0 Å². The molecule has 2 aromatic rings. The maximum absolute atomic E-state index is 12.5. The minimum atomic E-state index is -5.69. The van der Waals surface area contributed by atoms with E-state index in [1.165, 1.54) is 24.3 Å². The fourth-order valence-corrected chi connectivity index (χ4v) is 2.33. The molecule has 2 rings (SSSR count). The van der Waals surface area contributed by atoms with Crippen LogP contribution in [0.2, 0.25) is 0 Å². The van der Waals surface area contributed by atoms with E-state index >= 15 is 0 Å². The molecule has 0 aliphatic carbocycles. The average molecular weight is 314 g/mol. The summed E-state index contributed by atoms with van der Waals surface area (Å²) >= 11 is 0. The van der Waals surface area contributed by atoms with Crippen LogP contribution in [0.15, 0.2) is 60.7 Å². The summed E-state index contributed by atoms with van der Waals surface area (Å²) in [4.78, 5) is 0. The number of halogens is 3. The van der Waals surface area contributed by atoms with Crippen LogP contribution < -0.4 is 10.9 Å². The van der Waals surface area contributed by atoms with Crippen molar-refractivity contribution < 1.29 is 25.7 Å². The van der Waals surface area contributed by atoms with Gasteiger partial charge in [0.15, 0.2) is 0 Å². The molecule has 2 aromatic carbocycles. The van der Waals surface area contributed by atoms with E-state index < -0.39 is 22.5 Å². The van der Waals surface area contributed by atoms with Gasteiger partial charge in [-0.3, -0.25) is 0 Å². The lowest BCUT2D eigenvalue weighted by atomic mass is 9.56. The van der Waals surface area contributed by atoms with Crippen molar-refractivity contribution in [1.29, 1.82) is 0 Å². The van der Waals surface area contributed by atoms with Crippen LogP contribution in [0.25, 0.3) is 0 Å². The quantitative estimate of drug-likeness (QED) is 0.637. The van der Waals surface area contributed by atoms with Crippen LogP contribution in [0.4, 0.5) is 13.2 Å². The van der Waals surface area contributed by atoms with Crippen molar-refractivity contribution in [3.05, 3.63) is 60.7 Å². The minimum absolute atomic E-state index is 0.316. The molecular formula is C13H10BF3O3S. The molecule has 0 atom stereocenters. The van der Waals surface area contributed by atoms with E-state index in [1.807, 2.05) is 0 Å². The second-order valence-electron chi connectivity index (χ2n) is 4.20. The topological polar surface area (TPSA) is 43.4 Å². The Hall–Kier alpha value is -1.80. The minimum Gasteiger partial charge on any atom is -0.314 e. The predicted molar refractivity (Wildman–Crippen MR) is 74.0 cm³/mol. The van der Waals surface area contributed by atoms with Gasteiger partial charge in [0.2, 0.25) is 0 Å². The first-order valence-electron chi connectivity index (χ1n) is 5.91. The molecule has 0 fully saturated rings. The van der Waals surface area contributed by atoms with E-state index in [1.54, 1.807) is 36.4 Å². The number of rotatable bonds is 4. The van der Waals surface area contributed by atoms with Gasteiger partial charge in [-0.15, -0.1) is 0 Å². The first-order valence-corrected chi connectivity index (χ1v) is 7.31. The Balaban J connectivity index is 2.44. The molecule has 8 heteroatoms. The smallest absolute Gasteiger partial charge is 0.314 e. The highest BCUT2D eigenvalue weighted by atomic mass is 32.2. The molecule has 0 amide bonds. The van der Waals surface area contributed by atoms with E-state index in [2.05, 4.69) is 4.10 Å². The van der Waals surface area contributed by atoms with Crippen molar-refractivity contribution in [3.8, 4) is 0 Å². The summed E-state index contributed by atoms with van der Waals surface area (Å²) < 4.78 is 64.5. The first-order chi connectivity index (χ1) is 9.81. The summed E-state index contributed by atoms with van der Waals surface area (Å²) in [7, 11) is -5.69. The van der Waals surface area contributed by atoms with Crippen LogP contribution in [0.3, 0.4) is 0 Å². The first kappa shape index (κ1) is 15.6. The molecule has 0 N–H and O–H groups in total. The molecule has 0 radical (unpaired) electrons. The van der Waals surface area contributed by atoms with Gasteiger partial charge in [-0.1, -0.05) is 60.7 Å². The normalized spacial score (nSPS) is 12.1.